The molecule has 0 spiro atoms. The highest BCUT2D eigenvalue weighted by atomic mass is 35.5. The summed E-state index contributed by atoms with van der Waals surface area (Å²) in [5.41, 5.74) is 12.8. The van der Waals surface area contributed by atoms with Crippen molar-refractivity contribution < 1.29 is 4.79 Å². The fraction of sp³-hybridized carbons (Fsp3) is 0.250. The lowest BCUT2D eigenvalue weighted by Gasteiger charge is -2.37. The number of carbonyl (C=O) groups is 1. The average Bonchev–Trinajstić information content (AvgIpc) is 3.18. The molecule has 1 aliphatic rings. The van der Waals surface area contributed by atoms with Crippen molar-refractivity contribution in [3.63, 3.8) is 0 Å². The molecule has 1 aliphatic heterocycles. The van der Waals surface area contributed by atoms with Gasteiger partial charge in [-0.2, -0.15) is 9.61 Å². The molecule has 3 N–H and O–H groups in total. The van der Waals surface area contributed by atoms with E-state index in [0.29, 0.717) is 35.2 Å². The maximum atomic E-state index is 11.2. The van der Waals surface area contributed by atoms with Gasteiger partial charge in [-0.3, -0.25) is 10.2 Å². The van der Waals surface area contributed by atoms with E-state index >= 15 is 0 Å². The highest BCUT2D eigenvalue weighted by Crippen LogP contribution is 2.37. The number of nitrogens with one attached hydrogen (secondary N) is 1. The number of aryl methyl sites for hydroxylation is 1. The molecule has 2 aromatic carbocycles. The first-order chi connectivity index (χ1) is 16.5. The van der Waals surface area contributed by atoms with Crippen LogP contribution in [0, 0.1) is 5.92 Å². The molecular formula is C24H23Cl2N7O. The smallest absolute Gasteiger partial charge is 0.223 e. The number of carbonyl (C=O) groups excluding carboxylic acids is 1. The van der Waals surface area contributed by atoms with Gasteiger partial charge < -0.3 is 5.73 Å². The second kappa shape index (κ2) is 9.68. The van der Waals surface area contributed by atoms with E-state index in [1.54, 1.807) is 10.8 Å². The molecule has 4 aromatic rings. The van der Waals surface area contributed by atoms with E-state index < -0.39 is 0 Å². The van der Waals surface area contributed by atoms with Crippen LogP contribution in [0.4, 0.5) is 0 Å². The number of primary amides is 1. The van der Waals surface area contributed by atoms with Crippen LogP contribution in [0.15, 0.2) is 54.9 Å². The van der Waals surface area contributed by atoms with Crippen LogP contribution in [0.2, 0.25) is 10.0 Å². The maximum absolute atomic E-state index is 11.2. The Morgan fingerprint density at radius 1 is 1.09 bits per heavy atom. The van der Waals surface area contributed by atoms with Crippen LogP contribution >= 0.6 is 23.2 Å². The van der Waals surface area contributed by atoms with Crippen molar-refractivity contribution in [1.82, 2.24) is 30.0 Å². The number of amides is 1. The molecule has 8 nitrogen and oxygen atoms in total. The number of rotatable bonds is 8. The Labute approximate surface area is 206 Å². The van der Waals surface area contributed by atoms with Gasteiger partial charge in [0.25, 0.3) is 0 Å². The number of hydrogen-bond donors (Lipinski definition) is 2. The number of fused-ring (bicyclic) bond motifs is 1. The van der Waals surface area contributed by atoms with Crippen LogP contribution in [0.5, 0.6) is 0 Å². The van der Waals surface area contributed by atoms with Gasteiger partial charge in [-0.1, -0.05) is 53.5 Å². The predicted octanol–water partition coefficient (Wildman–Crippen LogP) is 3.62. The second-order valence-electron chi connectivity index (χ2n) is 8.25. The fourth-order valence-corrected chi connectivity index (χ4v) is 4.43. The lowest BCUT2D eigenvalue weighted by Crippen LogP contribution is -2.58. The van der Waals surface area contributed by atoms with Crippen LogP contribution in [0.3, 0.4) is 0 Å². The van der Waals surface area contributed by atoms with Crippen molar-refractivity contribution in [1.29, 1.82) is 0 Å². The molecule has 10 heteroatoms. The Balaban J connectivity index is 1.43. The van der Waals surface area contributed by atoms with Gasteiger partial charge in [0.2, 0.25) is 5.91 Å². The normalized spacial score (nSPS) is 14.4. The number of hydrazine groups is 1. The molecule has 1 saturated heterocycles. The van der Waals surface area contributed by atoms with E-state index in [9.17, 15) is 4.79 Å². The molecule has 2 aromatic heterocycles. The molecule has 0 radical (unpaired) electrons. The molecule has 0 saturated carbocycles. The highest BCUT2D eigenvalue weighted by molar-refractivity contribution is 6.33. The number of benzene rings is 2. The summed E-state index contributed by atoms with van der Waals surface area (Å²) in [5, 5.41) is 8.19. The topological polar surface area (TPSA) is 101 Å². The zero-order valence-corrected chi connectivity index (χ0v) is 19.8. The summed E-state index contributed by atoms with van der Waals surface area (Å²) in [6.07, 6.45) is 3.10. The Morgan fingerprint density at radius 2 is 1.85 bits per heavy atom. The van der Waals surface area contributed by atoms with Gasteiger partial charge in [-0.15, -0.1) is 0 Å². The first kappa shape index (κ1) is 22.7. The summed E-state index contributed by atoms with van der Waals surface area (Å²) >= 11 is 12.7. The molecule has 174 valence electrons. The van der Waals surface area contributed by atoms with Gasteiger partial charge in [-0.25, -0.2) is 15.0 Å². The quantitative estimate of drug-likeness (QED) is 0.362. The molecule has 0 aliphatic carbocycles. The lowest BCUT2D eigenvalue weighted by molar-refractivity contribution is -0.128. The van der Waals surface area contributed by atoms with Crippen molar-refractivity contribution in [3.8, 4) is 22.4 Å². The minimum atomic E-state index is -0.245. The number of halogens is 2. The van der Waals surface area contributed by atoms with Gasteiger partial charge in [0.15, 0.2) is 5.65 Å². The zero-order chi connectivity index (χ0) is 23.7. The van der Waals surface area contributed by atoms with Gasteiger partial charge in [0.05, 0.1) is 16.5 Å². The fourth-order valence-electron chi connectivity index (χ4n) is 4.08. The minimum Gasteiger partial charge on any atom is -0.369 e. The minimum absolute atomic E-state index is 0.0624. The van der Waals surface area contributed by atoms with Crippen LogP contribution in [0.1, 0.15) is 12.2 Å². The Bertz CT molecular complexity index is 1330. The van der Waals surface area contributed by atoms with Crippen molar-refractivity contribution in [2.75, 3.05) is 19.6 Å². The lowest BCUT2D eigenvalue weighted by atomic mass is 10.0. The number of aromatic nitrogens is 4. The largest absolute Gasteiger partial charge is 0.369 e. The third-order valence-corrected chi connectivity index (χ3v) is 6.53. The van der Waals surface area contributed by atoms with Crippen LogP contribution in [-0.4, -0.2) is 50.1 Å². The van der Waals surface area contributed by atoms with Crippen molar-refractivity contribution in [2.45, 2.75) is 12.8 Å². The van der Waals surface area contributed by atoms with E-state index in [1.165, 1.54) is 0 Å². The van der Waals surface area contributed by atoms with E-state index in [0.717, 1.165) is 41.2 Å². The van der Waals surface area contributed by atoms with Gasteiger partial charge in [-0.05, 0) is 30.2 Å². The van der Waals surface area contributed by atoms with Crippen LogP contribution < -0.4 is 11.2 Å². The first-order valence-corrected chi connectivity index (χ1v) is 11.8. The summed E-state index contributed by atoms with van der Waals surface area (Å²) in [7, 11) is 0. The third kappa shape index (κ3) is 4.50. The van der Waals surface area contributed by atoms with Crippen LogP contribution in [-0.2, 0) is 11.2 Å². The Morgan fingerprint density at radius 3 is 2.59 bits per heavy atom. The van der Waals surface area contributed by atoms with E-state index in [1.807, 2.05) is 53.5 Å². The first-order valence-electron chi connectivity index (χ1n) is 11.0. The molecule has 3 heterocycles. The molecule has 1 amide bonds. The van der Waals surface area contributed by atoms with Gasteiger partial charge in [0.1, 0.15) is 17.8 Å². The van der Waals surface area contributed by atoms with E-state index in [4.69, 9.17) is 34.0 Å². The third-order valence-electron chi connectivity index (χ3n) is 5.95. The Hall–Kier alpha value is -3.04. The SMILES string of the molecule is NC(=O)C1CN(NCCCc2ncnc3c(-c4ccc(Cl)cc4)c(-c4ccccc4Cl)nn23)C1. The molecular weight excluding hydrogens is 473 g/mol. The highest BCUT2D eigenvalue weighted by Gasteiger charge is 2.30. The summed E-state index contributed by atoms with van der Waals surface area (Å²) in [6, 6.07) is 15.2. The molecule has 0 unspecified atom stereocenters. The van der Waals surface area contributed by atoms with Gasteiger partial charge in [0, 0.05) is 36.6 Å². The van der Waals surface area contributed by atoms with Crippen molar-refractivity contribution in [3.05, 3.63) is 70.7 Å². The Kier molecular flexibility index (Phi) is 6.47. The van der Waals surface area contributed by atoms with E-state index in [-0.39, 0.29) is 11.8 Å². The summed E-state index contributed by atoms with van der Waals surface area (Å²) in [4.78, 5) is 20.2. The average molecular weight is 496 g/mol. The molecule has 0 bridgehead atoms. The zero-order valence-electron chi connectivity index (χ0n) is 18.3. The number of nitrogens with zero attached hydrogens (tertiary/aromatic N) is 5. The monoisotopic (exact) mass is 495 g/mol. The van der Waals surface area contributed by atoms with Crippen molar-refractivity contribution >= 4 is 34.8 Å². The molecule has 0 atom stereocenters. The van der Waals surface area contributed by atoms with Crippen molar-refractivity contribution in [2.24, 2.45) is 11.7 Å². The molecule has 1 fully saturated rings. The predicted molar refractivity (Wildman–Crippen MR) is 132 cm³/mol. The van der Waals surface area contributed by atoms with Crippen LogP contribution in [0.25, 0.3) is 28.0 Å². The molecule has 34 heavy (non-hydrogen) atoms. The standard InChI is InChI=1S/C24H23Cl2N7O/c25-17-9-7-15(8-10-17)21-22(18-4-1-2-5-19(18)26)31-33-20(28-14-29-24(21)33)6-3-11-30-32-12-16(13-32)23(27)34/h1-2,4-5,7-10,14,16,30H,3,6,11-13H2,(H2,27,34). The number of hydrogen-bond acceptors (Lipinski definition) is 6. The maximum Gasteiger partial charge on any atom is 0.223 e. The summed E-state index contributed by atoms with van der Waals surface area (Å²) in [6.45, 7) is 2.05. The number of nitrogens with two attached hydrogens (primary N) is 1. The van der Waals surface area contributed by atoms with Gasteiger partial charge >= 0.3 is 0 Å². The van der Waals surface area contributed by atoms with E-state index in [2.05, 4.69) is 15.4 Å². The molecule has 5 rings (SSSR count). The summed E-state index contributed by atoms with van der Waals surface area (Å²) < 4.78 is 1.80. The summed E-state index contributed by atoms with van der Waals surface area (Å²) in [5.74, 6) is 0.498. The second-order valence-corrected chi connectivity index (χ2v) is 9.10.